The van der Waals surface area contributed by atoms with Gasteiger partial charge in [-0.15, -0.1) is 0 Å². The Morgan fingerprint density at radius 3 is 2.44 bits per heavy atom. The number of hydrogen-bond acceptors (Lipinski definition) is 2. The summed E-state index contributed by atoms with van der Waals surface area (Å²) >= 11 is 6.03. The van der Waals surface area contributed by atoms with E-state index >= 15 is 0 Å². The molecule has 132 valence electrons. The lowest BCUT2D eigenvalue weighted by Gasteiger charge is -2.20. The maximum Gasteiger partial charge on any atom is 0.416 e. The summed E-state index contributed by atoms with van der Waals surface area (Å²) in [5.74, 6) is 0.516. The van der Waals surface area contributed by atoms with Crippen LogP contribution < -0.4 is 5.73 Å². The first-order valence-corrected chi connectivity index (χ1v) is 8.05. The molecule has 0 unspecified atom stereocenters. The van der Waals surface area contributed by atoms with Crippen LogP contribution in [-0.2, 0) is 18.3 Å². The number of benzene rings is 2. The molecule has 0 saturated carbocycles. The Morgan fingerprint density at radius 2 is 1.84 bits per heavy atom. The topological polar surface area (TPSA) is 43.8 Å². The Morgan fingerprint density at radius 1 is 1.12 bits per heavy atom. The molecule has 0 radical (unpaired) electrons. The summed E-state index contributed by atoms with van der Waals surface area (Å²) in [6.07, 6.45) is -4.41. The molecule has 3 nitrogen and oxygen atoms in total. The highest BCUT2D eigenvalue weighted by Gasteiger charge is 2.32. The van der Waals surface area contributed by atoms with Crippen molar-refractivity contribution in [2.24, 2.45) is 5.73 Å². The van der Waals surface area contributed by atoms with Crippen LogP contribution in [0, 0.1) is 0 Å². The number of alkyl halides is 3. The number of hydrogen-bond donors (Lipinski definition) is 1. The third-order valence-electron chi connectivity index (χ3n) is 3.88. The van der Waals surface area contributed by atoms with Gasteiger partial charge in [0.1, 0.15) is 5.82 Å². The zero-order chi connectivity index (χ0) is 18.4. The number of imidazole rings is 1. The predicted octanol–water partition coefficient (Wildman–Crippen LogP) is 4.95. The number of fused-ring (bicyclic) bond motifs is 1. The summed E-state index contributed by atoms with van der Waals surface area (Å²) in [5.41, 5.74) is 6.44. The number of nitrogens with zero attached hydrogens (tertiary/aromatic N) is 2. The van der Waals surface area contributed by atoms with E-state index in [0.29, 0.717) is 22.9 Å². The molecule has 1 heterocycles. The van der Waals surface area contributed by atoms with Gasteiger partial charge in [0.25, 0.3) is 0 Å². The second-order valence-corrected chi connectivity index (χ2v) is 7.01. The Kier molecular flexibility index (Phi) is 4.29. The Labute approximate surface area is 148 Å². The molecule has 0 fully saturated rings. The number of nitrogens with two attached hydrogens (primary N) is 1. The van der Waals surface area contributed by atoms with Crippen LogP contribution in [0.25, 0.3) is 11.0 Å². The molecule has 25 heavy (non-hydrogen) atoms. The molecule has 0 aliphatic carbocycles. The van der Waals surface area contributed by atoms with E-state index in [9.17, 15) is 13.2 Å². The quantitative estimate of drug-likeness (QED) is 0.711. The van der Waals surface area contributed by atoms with E-state index in [4.69, 9.17) is 17.3 Å². The van der Waals surface area contributed by atoms with Gasteiger partial charge in [0.05, 0.1) is 22.1 Å². The van der Waals surface area contributed by atoms with Crippen molar-refractivity contribution in [1.29, 1.82) is 0 Å². The van der Waals surface area contributed by atoms with Gasteiger partial charge in [0.2, 0.25) is 0 Å². The summed E-state index contributed by atoms with van der Waals surface area (Å²) in [5, 5.41) is 0.592. The van der Waals surface area contributed by atoms with Crippen molar-refractivity contribution >= 4 is 22.6 Å². The Balaban J connectivity index is 2.17. The number of aromatic nitrogens is 2. The summed E-state index contributed by atoms with van der Waals surface area (Å²) < 4.78 is 40.8. The third kappa shape index (κ3) is 3.65. The van der Waals surface area contributed by atoms with Crippen LogP contribution >= 0.6 is 11.6 Å². The van der Waals surface area contributed by atoms with Gasteiger partial charge >= 0.3 is 6.18 Å². The van der Waals surface area contributed by atoms with Crippen LogP contribution in [0.4, 0.5) is 13.2 Å². The maximum absolute atomic E-state index is 13.0. The fourth-order valence-corrected chi connectivity index (χ4v) is 2.99. The summed E-state index contributed by atoms with van der Waals surface area (Å²) in [6.45, 7) is 3.96. The Bertz CT molecular complexity index is 923. The molecular formula is C18H17ClF3N3. The summed E-state index contributed by atoms with van der Waals surface area (Å²) in [7, 11) is 0. The Hall–Kier alpha value is -2.05. The van der Waals surface area contributed by atoms with Crippen LogP contribution in [0.2, 0.25) is 5.02 Å². The average Bonchev–Trinajstić information content (AvgIpc) is 2.84. The molecule has 7 heteroatoms. The molecule has 2 aromatic carbocycles. The maximum atomic E-state index is 13.0. The van der Waals surface area contributed by atoms with Gasteiger partial charge in [-0.2, -0.15) is 13.2 Å². The van der Waals surface area contributed by atoms with Crippen molar-refractivity contribution < 1.29 is 13.2 Å². The fourth-order valence-electron chi connectivity index (χ4n) is 2.78. The van der Waals surface area contributed by atoms with Gasteiger partial charge in [-0.05, 0) is 49.7 Å². The molecule has 0 bridgehead atoms. The molecule has 0 spiro atoms. The SMILES string of the molecule is CC(C)(N)c1nc2cc(C(F)(F)F)ccc2n1Cc1cccc(Cl)c1. The predicted molar refractivity (Wildman–Crippen MR) is 92.5 cm³/mol. The van der Waals surface area contributed by atoms with Crippen molar-refractivity contribution in [1.82, 2.24) is 9.55 Å². The summed E-state index contributed by atoms with van der Waals surface area (Å²) in [4.78, 5) is 4.38. The van der Waals surface area contributed by atoms with Gasteiger partial charge in [0.15, 0.2) is 0 Å². The van der Waals surface area contributed by atoms with Crippen molar-refractivity contribution in [3.63, 3.8) is 0 Å². The van der Waals surface area contributed by atoms with E-state index in [2.05, 4.69) is 4.98 Å². The molecule has 0 saturated heterocycles. The number of halogens is 4. The first kappa shape index (κ1) is 17.8. The van der Waals surface area contributed by atoms with Crippen LogP contribution in [0.5, 0.6) is 0 Å². The molecular weight excluding hydrogens is 351 g/mol. The molecule has 2 N–H and O–H groups in total. The average molecular weight is 368 g/mol. The molecule has 0 aliphatic heterocycles. The molecule has 3 rings (SSSR count). The molecule has 0 aliphatic rings. The van der Waals surface area contributed by atoms with E-state index in [1.165, 1.54) is 6.07 Å². The second kappa shape index (κ2) is 6.04. The molecule has 1 aromatic heterocycles. The highest BCUT2D eigenvalue weighted by molar-refractivity contribution is 6.30. The van der Waals surface area contributed by atoms with Gasteiger partial charge < -0.3 is 10.3 Å². The lowest BCUT2D eigenvalue weighted by atomic mass is 10.1. The van der Waals surface area contributed by atoms with E-state index in [1.54, 1.807) is 19.9 Å². The zero-order valence-corrected chi connectivity index (χ0v) is 14.5. The van der Waals surface area contributed by atoms with Gasteiger partial charge in [-0.3, -0.25) is 0 Å². The van der Waals surface area contributed by atoms with E-state index in [-0.39, 0.29) is 5.52 Å². The fraction of sp³-hybridized carbons (Fsp3) is 0.278. The molecule has 3 aromatic rings. The van der Waals surface area contributed by atoms with Crippen LogP contribution in [0.15, 0.2) is 42.5 Å². The van der Waals surface area contributed by atoms with Gasteiger partial charge in [-0.25, -0.2) is 4.98 Å². The van der Waals surface area contributed by atoms with Crippen molar-refractivity contribution in [3.8, 4) is 0 Å². The van der Waals surface area contributed by atoms with Crippen molar-refractivity contribution in [3.05, 3.63) is 64.4 Å². The first-order chi connectivity index (χ1) is 11.6. The number of rotatable bonds is 3. The monoisotopic (exact) mass is 367 g/mol. The third-order valence-corrected chi connectivity index (χ3v) is 4.12. The lowest BCUT2D eigenvalue weighted by molar-refractivity contribution is -0.137. The van der Waals surface area contributed by atoms with E-state index < -0.39 is 17.3 Å². The van der Waals surface area contributed by atoms with Crippen LogP contribution in [0.3, 0.4) is 0 Å². The molecule has 0 amide bonds. The minimum absolute atomic E-state index is 0.269. The van der Waals surface area contributed by atoms with Crippen LogP contribution in [-0.4, -0.2) is 9.55 Å². The minimum atomic E-state index is -4.41. The van der Waals surface area contributed by atoms with E-state index in [1.807, 2.05) is 22.8 Å². The minimum Gasteiger partial charge on any atom is -0.322 e. The van der Waals surface area contributed by atoms with Gasteiger partial charge in [-0.1, -0.05) is 23.7 Å². The highest BCUT2D eigenvalue weighted by atomic mass is 35.5. The van der Waals surface area contributed by atoms with E-state index in [0.717, 1.165) is 17.7 Å². The first-order valence-electron chi connectivity index (χ1n) is 7.67. The van der Waals surface area contributed by atoms with Crippen LogP contribution in [0.1, 0.15) is 30.8 Å². The van der Waals surface area contributed by atoms with Crippen molar-refractivity contribution in [2.75, 3.05) is 0 Å². The normalized spacial score (nSPS) is 12.8. The van der Waals surface area contributed by atoms with Crippen molar-refractivity contribution in [2.45, 2.75) is 32.1 Å². The smallest absolute Gasteiger partial charge is 0.322 e. The highest BCUT2D eigenvalue weighted by Crippen LogP contribution is 2.33. The van der Waals surface area contributed by atoms with Gasteiger partial charge in [0, 0.05) is 11.6 Å². The zero-order valence-electron chi connectivity index (χ0n) is 13.7. The standard InChI is InChI=1S/C18H17ClF3N3/c1-17(2,23)16-24-14-9-12(18(20,21)22)6-7-15(14)25(16)10-11-4-3-5-13(19)8-11/h3-9H,10,23H2,1-2H3. The summed E-state index contributed by atoms with van der Waals surface area (Å²) in [6, 6.07) is 10.8. The largest absolute Gasteiger partial charge is 0.416 e. The second-order valence-electron chi connectivity index (χ2n) is 6.57. The molecule has 0 atom stereocenters. The lowest BCUT2D eigenvalue weighted by Crippen LogP contribution is -2.32.